The maximum absolute atomic E-state index is 12.0. The van der Waals surface area contributed by atoms with Crippen molar-refractivity contribution in [3.8, 4) is 0 Å². The molecule has 0 radical (unpaired) electrons. The zero-order valence-electron chi connectivity index (χ0n) is 13.2. The van der Waals surface area contributed by atoms with E-state index >= 15 is 0 Å². The molecule has 1 atom stereocenters. The first-order valence-corrected chi connectivity index (χ1v) is 7.20. The molecular weight excluding hydrogens is 312 g/mol. The molecule has 7 heteroatoms. The van der Waals surface area contributed by atoms with E-state index in [4.69, 9.17) is 4.74 Å². The lowest BCUT2D eigenvalue weighted by Gasteiger charge is -2.11. The highest BCUT2D eigenvalue weighted by atomic mass is 16.6. The molecule has 2 aromatic rings. The Labute approximate surface area is 138 Å². The van der Waals surface area contributed by atoms with E-state index < -0.39 is 17.0 Å². The van der Waals surface area contributed by atoms with Crippen molar-refractivity contribution in [3.05, 3.63) is 64.2 Å². The summed E-state index contributed by atoms with van der Waals surface area (Å²) in [4.78, 5) is 33.8. The van der Waals surface area contributed by atoms with Crippen LogP contribution in [0.4, 0.5) is 17.1 Å². The highest BCUT2D eigenvalue weighted by Gasteiger charge is 2.21. The average molecular weight is 328 g/mol. The van der Waals surface area contributed by atoms with E-state index in [1.54, 1.807) is 24.3 Å². The number of rotatable bonds is 6. The molecule has 0 fully saturated rings. The molecule has 0 aliphatic carbocycles. The smallest absolute Gasteiger partial charge is 0.339 e. The van der Waals surface area contributed by atoms with E-state index in [0.717, 1.165) is 6.07 Å². The van der Waals surface area contributed by atoms with Crippen LogP contribution in [0.15, 0.2) is 48.5 Å². The number of ketones is 1. The van der Waals surface area contributed by atoms with Crippen molar-refractivity contribution in [2.45, 2.75) is 20.0 Å². The summed E-state index contributed by atoms with van der Waals surface area (Å²) in [6.07, 6.45) is -0.904. The van der Waals surface area contributed by atoms with Crippen molar-refractivity contribution in [2.24, 2.45) is 0 Å². The molecule has 7 nitrogen and oxygen atoms in total. The van der Waals surface area contributed by atoms with Gasteiger partial charge in [-0.2, -0.15) is 0 Å². The summed E-state index contributed by atoms with van der Waals surface area (Å²) >= 11 is 0. The number of carbonyl (C=O) groups is 2. The zero-order chi connectivity index (χ0) is 17.7. The normalized spacial score (nSPS) is 11.4. The van der Waals surface area contributed by atoms with Crippen LogP contribution in [-0.4, -0.2) is 22.8 Å². The number of nitro groups is 1. The number of nitrogens with zero attached hydrogens (tertiary/aromatic N) is 1. The third-order valence-electron chi connectivity index (χ3n) is 3.34. The number of ether oxygens (including phenoxy) is 1. The fourth-order valence-electron chi connectivity index (χ4n) is 1.90. The Morgan fingerprint density at radius 3 is 2.42 bits per heavy atom. The Morgan fingerprint density at radius 1 is 1.17 bits per heavy atom. The summed E-state index contributed by atoms with van der Waals surface area (Å²) in [6, 6.07) is 12.9. The molecule has 0 bridgehead atoms. The summed E-state index contributed by atoms with van der Waals surface area (Å²) in [5, 5.41) is 14.2. The number of para-hydroxylation sites is 1. The number of carbonyl (C=O) groups excluding carboxylic acids is 2. The van der Waals surface area contributed by atoms with Gasteiger partial charge in [-0.25, -0.2) is 4.79 Å². The van der Waals surface area contributed by atoms with Crippen LogP contribution in [0.1, 0.15) is 24.2 Å². The third kappa shape index (κ3) is 4.16. The highest BCUT2D eigenvalue weighted by Crippen LogP contribution is 2.29. The Kier molecular flexibility index (Phi) is 5.26. The topological polar surface area (TPSA) is 98.5 Å². The van der Waals surface area contributed by atoms with E-state index in [9.17, 15) is 19.7 Å². The second-order valence-corrected chi connectivity index (χ2v) is 5.14. The fraction of sp³-hybridized carbons (Fsp3) is 0.176. The van der Waals surface area contributed by atoms with Gasteiger partial charge in [-0.3, -0.25) is 14.9 Å². The van der Waals surface area contributed by atoms with Gasteiger partial charge in [0.1, 0.15) is 5.69 Å². The summed E-state index contributed by atoms with van der Waals surface area (Å²) in [6.45, 7) is 2.74. The van der Waals surface area contributed by atoms with Crippen molar-refractivity contribution in [2.75, 3.05) is 5.32 Å². The second kappa shape index (κ2) is 7.36. The summed E-state index contributed by atoms with van der Waals surface area (Å²) in [7, 11) is 0. The molecule has 0 saturated carbocycles. The Hall–Kier alpha value is -3.22. The lowest BCUT2D eigenvalue weighted by Crippen LogP contribution is -2.21. The number of anilines is 2. The summed E-state index contributed by atoms with van der Waals surface area (Å²) < 4.78 is 4.96. The summed E-state index contributed by atoms with van der Waals surface area (Å²) in [5.41, 5.74) is 0.681. The molecule has 0 aromatic heterocycles. The van der Waals surface area contributed by atoms with Crippen molar-refractivity contribution < 1.29 is 19.2 Å². The first-order chi connectivity index (χ1) is 11.4. The van der Waals surface area contributed by atoms with Crippen LogP contribution >= 0.6 is 0 Å². The SMILES string of the molecule is CC(=O)[C@@H](C)OC(=O)c1ccc(Nc2ccccc2)c([N+](=O)[O-])c1. The quantitative estimate of drug-likeness (QED) is 0.495. The van der Waals surface area contributed by atoms with Gasteiger partial charge in [0.05, 0.1) is 10.5 Å². The minimum absolute atomic E-state index is 0.00779. The van der Waals surface area contributed by atoms with Crippen molar-refractivity contribution in [1.29, 1.82) is 0 Å². The van der Waals surface area contributed by atoms with E-state index in [0.29, 0.717) is 5.69 Å². The first kappa shape index (κ1) is 17.1. The van der Waals surface area contributed by atoms with Crippen LogP contribution < -0.4 is 5.32 Å². The van der Waals surface area contributed by atoms with E-state index in [-0.39, 0.29) is 22.7 Å². The number of esters is 1. The molecule has 0 heterocycles. The standard InChI is InChI=1S/C17H16N2O5/c1-11(20)12(2)24-17(21)13-8-9-15(16(10-13)19(22)23)18-14-6-4-3-5-7-14/h3-10,12,18H,1-2H3/t12-/m1/s1. The molecule has 0 unspecified atom stereocenters. The van der Waals surface area contributed by atoms with Crippen LogP contribution in [0.5, 0.6) is 0 Å². The number of nitro benzene ring substituents is 1. The predicted molar refractivity (Wildman–Crippen MR) is 88.4 cm³/mol. The van der Waals surface area contributed by atoms with Gasteiger partial charge in [-0.15, -0.1) is 0 Å². The first-order valence-electron chi connectivity index (χ1n) is 7.20. The van der Waals surface area contributed by atoms with E-state index in [1.165, 1.54) is 26.0 Å². The number of hydrogen-bond donors (Lipinski definition) is 1. The Bertz CT molecular complexity index is 774. The molecule has 0 amide bonds. The minimum atomic E-state index is -0.904. The lowest BCUT2D eigenvalue weighted by molar-refractivity contribution is -0.383. The maximum atomic E-state index is 12.0. The molecule has 0 aliphatic heterocycles. The molecule has 1 N–H and O–H groups in total. The van der Waals surface area contributed by atoms with Crippen LogP contribution in [0.25, 0.3) is 0 Å². The van der Waals surface area contributed by atoms with Crippen LogP contribution in [0.3, 0.4) is 0 Å². The molecular formula is C17H16N2O5. The fourth-order valence-corrected chi connectivity index (χ4v) is 1.90. The predicted octanol–water partition coefficient (Wildman–Crippen LogP) is 3.47. The molecule has 0 aliphatic rings. The monoisotopic (exact) mass is 328 g/mol. The van der Waals surface area contributed by atoms with Gasteiger partial charge >= 0.3 is 5.97 Å². The largest absolute Gasteiger partial charge is 0.451 e. The van der Waals surface area contributed by atoms with Crippen molar-refractivity contribution in [3.63, 3.8) is 0 Å². The van der Waals surface area contributed by atoms with Gasteiger partial charge in [0.15, 0.2) is 11.9 Å². The van der Waals surface area contributed by atoms with Gasteiger partial charge < -0.3 is 10.1 Å². The number of nitrogens with one attached hydrogen (secondary N) is 1. The number of benzene rings is 2. The maximum Gasteiger partial charge on any atom is 0.339 e. The molecule has 0 spiro atoms. The minimum Gasteiger partial charge on any atom is -0.451 e. The Morgan fingerprint density at radius 2 is 1.83 bits per heavy atom. The summed E-state index contributed by atoms with van der Waals surface area (Å²) in [5.74, 6) is -1.09. The number of Topliss-reactive ketones (excluding diaryl/α,β-unsaturated/α-hetero) is 1. The molecule has 124 valence electrons. The van der Waals surface area contributed by atoms with Gasteiger partial charge in [-0.1, -0.05) is 18.2 Å². The van der Waals surface area contributed by atoms with Gasteiger partial charge in [0, 0.05) is 11.8 Å². The molecule has 2 rings (SSSR count). The van der Waals surface area contributed by atoms with Crippen molar-refractivity contribution in [1.82, 2.24) is 0 Å². The van der Waals surface area contributed by atoms with Crippen LogP contribution in [-0.2, 0) is 9.53 Å². The zero-order valence-corrected chi connectivity index (χ0v) is 13.2. The highest BCUT2D eigenvalue weighted by molar-refractivity contribution is 5.93. The lowest BCUT2D eigenvalue weighted by atomic mass is 10.1. The molecule has 2 aromatic carbocycles. The number of hydrogen-bond acceptors (Lipinski definition) is 6. The van der Waals surface area contributed by atoms with E-state index in [1.807, 2.05) is 6.07 Å². The van der Waals surface area contributed by atoms with Crippen LogP contribution in [0.2, 0.25) is 0 Å². The van der Waals surface area contributed by atoms with Crippen molar-refractivity contribution >= 4 is 28.8 Å². The van der Waals surface area contributed by atoms with E-state index in [2.05, 4.69) is 5.32 Å². The second-order valence-electron chi connectivity index (χ2n) is 5.14. The average Bonchev–Trinajstić information content (AvgIpc) is 2.55. The van der Waals surface area contributed by atoms with Gasteiger partial charge in [0.25, 0.3) is 5.69 Å². The molecule has 24 heavy (non-hydrogen) atoms. The van der Waals surface area contributed by atoms with Gasteiger partial charge in [0.2, 0.25) is 0 Å². The Balaban J connectivity index is 2.28. The molecule has 0 saturated heterocycles. The van der Waals surface area contributed by atoms with Gasteiger partial charge in [-0.05, 0) is 38.1 Å². The van der Waals surface area contributed by atoms with Crippen LogP contribution in [0, 0.1) is 10.1 Å². The third-order valence-corrected chi connectivity index (χ3v) is 3.34.